The first-order chi connectivity index (χ1) is 12.4. The van der Waals surface area contributed by atoms with E-state index >= 15 is 0 Å². The summed E-state index contributed by atoms with van der Waals surface area (Å²) >= 11 is 3.49. The molecule has 0 saturated heterocycles. The predicted octanol–water partition coefficient (Wildman–Crippen LogP) is 4.53. The smallest absolute Gasteiger partial charge is 0.407 e. The maximum atomic E-state index is 12.1. The summed E-state index contributed by atoms with van der Waals surface area (Å²) in [5.74, 6) is -0.0267. The van der Waals surface area contributed by atoms with E-state index in [0.717, 1.165) is 46.7 Å². The van der Waals surface area contributed by atoms with Gasteiger partial charge >= 0.3 is 6.09 Å². The van der Waals surface area contributed by atoms with Crippen molar-refractivity contribution in [2.24, 2.45) is 0 Å². The lowest BCUT2D eigenvalue weighted by Gasteiger charge is -2.34. The zero-order valence-electron chi connectivity index (χ0n) is 14.8. The van der Waals surface area contributed by atoms with Gasteiger partial charge in [0.2, 0.25) is 0 Å². The molecule has 138 valence electrons. The molecular formula is C19H22BrN3O3. The third kappa shape index (κ3) is 3.82. The molecule has 1 saturated carbocycles. The van der Waals surface area contributed by atoms with Crippen LogP contribution in [0.5, 0.6) is 0 Å². The number of anilines is 1. The van der Waals surface area contributed by atoms with Crippen molar-refractivity contribution in [3.8, 4) is 0 Å². The number of rotatable bonds is 4. The van der Waals surface area contributed by atoms with Crippen molar-refractivity contribution in [3.05, 3.63) is 34.4 Å². The highest BCUT2D eigenvalue weighted by Crippen LogP contribution is 2.32. The number of nitrogens with zero attached hydrogens (tertiary/aromatic N) is 2. The topological polar surface area (TPSA) is 82.5 Å². The van der Waals surface area contributed by atoms with E-state index in [1.807, 2.05) is 18.2 Å². The molecule has 1 aliphatic carbocycles. The number of halogens is 1. The minimum Gasteiger partial charge on any atom is -0.465 e. The molecule has 0 bridgehead atoms. The van der Waals surface area contributed by atoms with E-state index in [4.69, 9.17) is 5.11 Å². The summed E-state index contributed by atoms with van der Waals surface area (Å²) in [6.07, 6.45) is 4.08. The van der Waals surface area contributed by atoms with Crippen LogP contribution in [-0.4, -0.2) is 46.0 Å². The highest BCUT2D eigenvalue weighted by atomic mass is 79.9. The zero-order chi connectivity index (χ0) is 18.8. The van der Waals surface area contributed by atoms with Gasteiger partial charge in [-0.3, -0.25) is 9.78 Å². The van der Waals surface area contributed by atoms with Gasteiger partial charge in [-0.15, -0.1) is 0 Å². The van der Waals surface area contributed by atoms with Gasteiger partial charge in [0.15, 0.2) is 5.78 Å². The van der Waals surface area contributed by atoms with Gasteiger partial charge in [-0.25, -0.2) is 4.79 Å². The molecule has 7 heteroatoms. The van der Waals surface area contributed by atoms with E-state index in [-0.39, 0.29) is 17.9 Å². The van der Waals surface area contributed by atoms with Crippen LogP contribution in [0.25, 0.3) is 10.9 Å². The second-order valence-corrected chi connectivity index (χ2v) is 7.72. The summed E-state index contributed by atoms with van der Waals surface area (Å²) in [6.45, 7) is 1.55. The van der Waals surface area contributed by atoms with Gasteiger partial charge in [-0.05, 0) is 50.8 Å². The number of nitrogens with one attached hydrogen (secondary N) is 1. The molecule has 26 heavy (non-hydrogen) atoms. The highest BCUT2D eigenvalue weighted by Gasteiger charge is 2.27. The Bertz CT molecular complexity index is 847. The molecule has 1 amide bonds. The SMILES string of the molecule is CC(=O)c1cnc2ccc(Br)cc2c1NC1CCC(N(C)C(=O)O)CC1. The molecule has 0 radical (unpaired) electrons. The molecule has 1 aromatic heterocycles. The van der Waals surface area contributed by atoms with Crippen LogP contribution in [0.3, 0.4) is 0 Å². The van der Waals surface area contributed by atoms with Crippen LogP contribution in [0, 0.1) is 0 Å². The van der Waals surface area contributed by atoms with Crippen LogP contribution in [-0.2, 0) is 0 Å². The van der Waals surface area contributed by atoms with Crippen LogP contribution < -0.4 is 5.32 Å². The summed E-state index contributed by atoms with van der Waals surface area (Å²) in [4.78, 5) is 29.0. The number of hydrogen-bond acceptors (Lipinski definition) is 4. The second kappa shape index (κ2) is 7.61. The van der Waals surface area contributed by atoms with E-state index in [2.05, 4.69) is 26.2 Å². The van der Waals surface area contributed by atoms with Crippen molar-refractivity contribution in [2.45, 2.75) is 44.7 Å². The Morgan fingerprint density at radius 3 is 2.58 bits per heavy atom. The summed E-state index contributed by atoms with van der Waals surface area (Å²) in [6, 6.07) is 6.09. The molecule has 0 unspecified atom stereocenters. The van der Waals surface area contributed by atoms with Crippen molar-refractivity contribution in [1.82, 2.24) is 9.88 Å². The average molecular weight is 420 g/mol. The van der Waals surface area contributed by atoms with Crippen LogP contribution in [0.1, 0.15) is 43.0 Å². The Hall–Kier alpha value is -2.15. The quantitative estimate of drug-likeness (QED) is 0.711. The number of amides is 1. The van der Waals surface area contributed by atoms with E-state index < -0.39 is 6.09 Å². The van der Waals surface area contributed by atoms with Gasteiger partial charge in [0.05, 0.1) is 16.8 Å². The minimum absolute atomic E-state index is 0.0267. The van der Waals surface area contributed by atoms with E-state index in [9.17, 15) is 9.59 Å². The van der Waals surface area contributed by atoms with Gasteiger partial charge in [0, 0.05) is 35.2 Å². The molecule has 3 rings (SSSR count). The van der Waals surface area contributed by atoms with E-state index in [0.29, 0.717) is 5.56 Å². The average Bonchev–Trinajstić information content (AvgIpc) is 2.61. The van der Waals surface area contributed by atoms with Crippen LogP contribution >= 0.6 is 15.9 Å². The molecule has 1 heterocycles. The van der Waals surface area contributed by atoms with Crippen LogP contribution in [0.4, 0.5) is 10.5 Å². The van der Waals surface area contributed by atoms with Crippen molar-refractivity contribution in [2.75, 3.05) is 12.4 Å². The third-order valence-corrected chi connectivity index (χ3v) is 5.60. The number of ketones is 1. The lowest BCUT2D eigenvalue weighted by Crippen LogP contribution is -2.41. The first kappa shape index (κ1) is 18.6. The minimum atomic E-state index is -0.884. The number of fused-ring (bicyclic) bond motifs is 1. The number of benzene rings is 1. The maximum absolute atomic E-state index is 12.1. The number of Topliss-reactive ketones (excluding diaryl/α,β-unsaturated/α-hetero) is 1. The zero-order valence-corrected chi connectivity index (χ0v) is 16.4. The predicted molar refractivity (Wildman–Crippen MR) is 105 cm³/mol. The number of aromatic nitrogens is 1. The molecule has 0 atom stereocenters. The molecule has 1 aliphatic rings. The summed E-state index contributed by atoms with van der Waals surface area (Å²) in [5, 5.41) is 13.6. The monoisotopic (exact) mass is 419 g/mol. The fourth-order valence-electron chi connectivity index (χ4n) is 3.56. The van der Waals surface area contributed by atoms with Gasteiger partial charge in [0.1, 0.15) is 0 Å². The molecule has 1 aromatic carbocycles. The molecule has 2 aromatic rings. The Balaban J connectivity index is 1.84. The summed E-state index contributed by atoms with van der Waals surface area (Å²) in [7, 11) is 1.63. The van der Waals surface area contributed by atoms with Crippen LogP contribution in [0.2, 0.25) is 0 Å². The maximum Gasteiger partial charge on any atom is 0.407 e. The number of carbonyl (C=O) groups is 2. The van der Waals surface area contributed by atoms with Gasteiger partial charge < -0.3 is 15.3 Å². The molecule has 0 aliphatic heterocycles. The van der Waals surface area contributed by atoms with Crippen molar-refractivity contribution >= 4 is 44.4 Å². The van der Waals surface area contributed by atoms with Crippen LogP contribution in [0.15, 0.2) is 28.9 Å². The number of carboxylic acid groups (broad SMARTS) is 1. The lowest BCUT2D eigenvalue weighted by molar-refractivity contribution is 0.101. The first-order valence-electron chi connectivity index (χ1n) is 8.68. The number of hydrogen-bond donors (Lipinski definition) is 2. The highest BCUT2D eigenvalue weighted by molar-refractivity contribution is 9.10. The van der Waals surface area contributed by atoms with E-state index in [1.165, 1.54) is 4.90 Å². The Morgan fingerprint density at radius 2 is 1.96 bits per heavy atom. The van der Waals surface area contributed by atoms with Crippen molar-refractivity contribution < 1.29 is 14.7 Å². The Labute approximate surface area is 160 Å². The number of pyridine rings is 1. The Morgan fingerprint density at radius 1 is 1.27 bits per heavy atom. The molecule has 6 nitrogen and oxygen atoms in total. The fourth-order valence-corrected chi connectivity index (χ4v) is 3.92. The summed E-state index contributed by atoms with van der Waals surface area (Å²) in [5.41, 5.74) is 2.24. The second-order valence-electron chi connectivity index (χ2n) is 6.81. The number of carbonyl (C=O) groups excluding carboxylic acids is 1. The van der Waals surface area contributed by atoms with Crippen molar-refractivity contribution in [1.29, 1.82) is 0 Å². The summed E-state index contributed by atoms with van der Waals surface area (Å²) < 4.78 is 0.933. The largest absolute Gasteiger partial charge is 0.465 e. The van der Waals surface area contributed by atoms with Gasteiger partial charge in [-0.2, -0.15) is 0 Å². The van der Waals surface area contributed by atoms with Crippen molar-refractivity contribution in [3.63, 3.8) is 0 Å². The molecule has 0 spiro atoms. The fraction of sp³-hybridized carbons (Fsp3) is 0.421. The standard InChI is InChI=1S/C19H22BrN3O3/c1-11(24)16-10-21-17-8-3-12(20)9-15(17)18(16)22-13-4-6-14(7-5-13)23(2)19(25)26/h3,8-10,13-14H,4-7H2,1-2H3,(H,21,22)(H,25,26). The van der Waals surface area contributed by atoms with Gasteiger partial charge in [0.25, 0.3) is 0 Å². The van der Waals surface area contributed by atoms with E-state index in [1.54, 1.807) is 20.2 Å². The normalized spacial score (nSPS) is 20.0. The molecule has 2 N–H and O–H groups in total. The molecule has 1 fully saturated rings. The lowest BCUT2D eigenvalue weighted by atomic mass is 9.90. The third-order valence-electron chi connectivity index (χ3n) is 5.10. The van der Waals surface area contributed by atoms with Gasteiger partial charge in [-0.1, -0.05) is 15.9 Å². The molecular weight excluding hydrogens is 398 g/mol. The first-order valence-corrected chi connectivity index (χ1v) is 9.47. The Kier molecular flexibility index (Phi) is 5.46.